The fraction of sp³-hybridized carbons (Fsp3) is 0.400. The van der Waals surface area contributed by atoms with Crippen LogP contribution < -0.4 is 10.5 Å². The molecule has 1 saturated heterocycles. The van der Waals surface area contributed by atoms with Gasteiger partial charge in [-0.3, -0.25) is 14.6 Å². The molecule has 0 bridgehead atoms. The number of esters is 1. The number of piperidine rings is 1. The number of halogens is 1. The van der Waals surface area contributed by atoms with Crippen molar-refractivity contribution in [2.24, 2.45) is 18.7 Å². The van der Waals surface area contributed by atoms with Crippen molar-refractivity contribution in [1.29, 1.82) is 0 Å². The number of nitrogens with zero attached hydrogens (tertiary/aromatic N) is 6. The summed E-state index contributed by atoms with van der Waals surface area (Å²) < 4.78 is 29.3. The highest BCUT2D eigenvalue weighted by molar-refractivity contribution is 6.00. The van der Waals surface area contributed by atoms with E-state index in [4.69, 9.17) is 25.2 Å². The quantitative estimate of drug-likeness (QED) is 0.230. The van der Waals surface area contributed by atoms with Gasteiger partial charge in [0.2, 0.25) is 0 Å². The van der Waals surface area contributed by atoms with Crippen molar-refractivity contribution in [1.82, 2.24) is 29.0 Å². The Morgan fingerprint density at radius 3 is 2.62 bits per heavy atom. The standard InChI is InChI=1S/C35H38FN7O4/c1-4-47-31(44)15-26-9-7-22(16-38-26)27-10-8-21-12-29(43(33(21)39-27)17-20-5-6-20)34-40-28-11-23(13-30(46-3)32(28)41(34)2)35(45)42-18-24(36)14-25(37)19-42/h7-13,16,20,24-25H,4-6,14-15,17-19,37H2,1-3H3/t24-,25-/m1/s1. The average molecular weight is 640 g/mol. The molecule has 0 spiro atoms. The molecule has 12 heteroatoms. The van der Waals surface area contributed by atoms with Gasteiger partial charge in [0.1, 0.15) is 23.1 Å². The molecule has 1 aromatic carbocycles. The number of ether oxygens (including phenoxy) is 2. The van der Waals surface area contributed by atoms with Crippen LogP contribution in [0.2, 0.25) is 0 Å². The fourth-order valence-electron chi connectivity index (χ4n) is 6.50. The summed E-state index contributed by atoms with van der Waals surface area (Å²) in [5.41, 5.74) is 11.8. The number of aromatic nitrogens is 5. The second kappa shape index (κ2) is 12.4. The van der Waals surface area contributed by atoms with Gasteiger partial charge in [0, 0.05) is 48.9 Å². The molecule has 244 valence electrons. The lowest BCUT2D eigenvalue weighted by molar-refractivity contribution is -0.142. The zero-order chi connectivity index (χ0) is 32.8. The van der Waals surface area contributed by atoms with Crippen LogP contribution in [-0.4, -0.2) is 79.9 Å². The Morgan fingerprint density at radius 2 is 1.91 bits per heavy atom. The first-order valence-electron chi connectivity index (χ1n) is 16.1. The van der Waals surface area contributed by atoms with Crippen molar-refractivity contribution in [3.63, 3.8) is 0 Å². The Labute approximate surface area is 271 Å². The van der Waals surface area contributed by atoms with E-state index in [1.807, 2.05) is 29.8 Å². The van der Waals surface area contributed by atoms with Crippen molar-refractivity contribution >= 4 is 33.9 Å². The monoisotopic (exact) mass is 639 g/mol. The molecule has 2 N–H and O–H groups in total. The van der Waals surface area contributed by atoms with Crippen molar-refractivity contribution in [2.45, 2.75) is 51.4 Å². The van der Waals surface area contributed by atoms with Crippen LogP contribution in [0.15, 0.2) is 48.7 Å². The van der Waals surface area contributed by atoms with Gasteiger partial charge in [-0.25, -0.2) is 14.4 Å². The summed E-state index contributed by atoms with van der Waals surface area (Å²) in [5.74, 6) is 1.19. The topological polar surface area (TPSA) is 130 Å². The third kappa shape index (κ3) is 6.05. The smallest absolute Gasteiger partial charge is 0.311 e. The first kappa shape index (κ1) is 30.8. The molecule has 5 aromatic rings. The predicted octanol–water partition coefficient (Wildman–Crippen LogP) is 4.69. The van der Waals surface area contributed by atoms with E-state index in [1.54, 1.807) is 32.4 Å². The Morgan fingerprint density at radius 1 is 1.09 bits per heavy atom. The molecule has 2 atom stereocenters. The van der Waals surface area contributed by atoms with Crippen LogP contribution >= 0.6 is 0 Å². The SMILES string of the molecule is CCOC(=O)Cc1ccc(-c2ccc3cc(-c4nc5cc(C(=O)N6C[C@H](N)C[C@@H](F)C6)cc(OC)c5n4C)n(CC4CC4)c3n2)cn1. The number of benzene rings is 1. The number of fused-ring (bicyclic) bond motifs is 2. The number of aryl methyl sites for hydroxylation is 1. The fourth-order valence-corrected chi connectivity index (χ4v) is 6.50. The Balaban J connectivity index is 1.27. The van der Waals surface area contributed by atoms with Crippen molar-refractivity contribution in [3.8, 4) is 28.5 Å². The molecule has 7 rings (SSSR count). The van der Waals surface area contributed by atoms with Crippen molar-refractivity contribution in [3.05, 3.63) is 59.9 Å². The van der Waals surface area contributed by atoms with E-state index in [0.29, 0.717) is 41.6 Å². The van der Waals surface area contributed by atoms with E-state index in [1.165, 1.54) is 4.90 Å². The number of carbonyl (C=O) groups is 2. The molecule has 2 fully saturated rings. The van der Waals surface area contributed by atoms with Gasteiger partial charge >= 0.3 is 5.97 Å². The van der Waals surface area contributed by atoms with Gasteiger partial charge in [-0.2, -0.15) is 0 Å². The highest BCUT2D eigenvalue weighted by Gasteiger charge is 2.30. The first-order chi connectivity index (χ1) is 22.7. The zero-order valence-corrected chi connectivity index (χ0v) is 26.8. The van der Waals surface area contributed by atoms with Gasteiger partial charge in [0.05, 0.1) is 49.3 Å². The van der Waals surface area contributed by atoms with Gasteiger partial charge < -0.3 is 29.2 Å². The van der Waals surface area contributed by atoms with Crippen LogP contribution in [-0.2, 0) is 29.5 Å². The zero-order valence-electron chi connectivity index (χ0n) is 26.8. The van der Waals surface area contributed by atoms with Crippen LogP contribution in [0.25, 0.3) is 44.8 Å². The lowest BCUT2D eigenvalue weighted by Crippen LogP contribution is -2.50. The maximum Gasteiger partial charge on any atom is 0.311 e. The summed E-state index contributed by atoms with van der Waals surface area (Å²) in [6.45, 7) is 3.24. The third-order valence-corrected chi connectivity index (χ3v) is 8.98. The van der Waals surface area contributed by atoms with Crippen LogP contribution in [0.4, 0.5) is 4.39 Å². The van der Waals surface area contributed by atoms with E-state index >= 15 is 0 Å². The number of pyridine rings is 2. The lowest BCUT2D eigenvalue weighted by Gasteiger charge is -2.33. The van der Waals surface area contributed by atoms with Crippen molar-refractivity contribution < 1.29 is 23.5 Å². The van der Waals surface area contributed by atoms with Gasteiger partial charge in [-0.1, -0.05) is 0 Å². The molecule has 1 aliphatic carbocycles. The number of nitrogens with two attached hydrogens (primary N) is 1. The minimum absolute atomic E-state index is 0.0183. The summed E-state index contributed by atoms with van der Waals surface area (Å²) in [7, 11) is 3.51. The maximum absolute atomic E-state index is 14.3. The number of hydrogen-bond donors (Lipinski definition) is 1. The highest BCUT2D eigenvalue weighted by Crippen LogP contribution is 2.38. The number of methoxy groups -OCH3 is 1. The maximum atomic E-state index is 14.3. The minimum Gasteiger partial charge on any atom is -0.494 e. The molecular weight excluding hydrogens is 601 g/mol. The molecule has 0 radical (unpaired) electrons. The molecule has 0 unspecified atom stereocenters. The van der Waals surface area contributed by atoms with Crippen LogP contribution in [0.3, 0.4) is 0 Å². The predicted molar refractivity (Wildman–Crippen MR) is 176 cm³/mol. The number of alkyl halides is 1. The van der Waals surface area contributed by atoms with E-state index < -0.39 is 12.2 Å². The number of likely N-dealkylation sites (tertiary alicyclic amines) is 1. The van der Waals surface area contributed by atoms with Gasteiger partial charge in [0.25, 0.3) is 5.91 Å². The molecule has 1 amide bonds. The molecule has 1 saturated carbocycles. The number of carbonyl (C=O) groups excluding carboxylic acids is 2. The van der Waals surface area contributed by atoms with Crippen molar-refractivity contribution in [2.75, 3.05) is 26.8 Å². The molecule has 2 aliphatic rings. The molecule has 1 aliphatic heterocycles. The minimum atomic E-state index is -1.15. The Hall–Kier alpha value is -4.84. The second-order valence-corrected chi connectivity index (χ2v) is 12.6. The summed E-state index contributed by atoms with van der Waals surface area (Å²) >= 11 is 0. The molecule has 4 aromatic heterocycles. The molecular formula is C35H38FN7O4. The van der Waals surface area contributed by atoms with E-state index in [0.717, 1.165) is 58.7 Å². The van der Waals surface area contributed by atoms with E-state index in [-0.39, 0.29) is 31.3 Å². The first-order valence-corrected chi connectivity index (χ1v) is 16.1. The van der Waals surface area contributed by atoms with Gasteiger partial charge in [-0.05, 0) is 74.6 Å². The Bertz CT molecular complexity index is 1970. The number of imidazole rings is 1. The second-order valence-electron chi connectivity index (χ2n) is 12.6. The molecule has 47 heavy (non-hydrogen) atoms. The van der Waals surface area contributed by atoms with Crippen LogP contribution in [0.1, 0.15) is 42.2 Å². The summed E-state index contributed by atoms with van der Waals surface area (Å²) in [5, 5.41) is 0.980. The summed E-state index contributed by atoms with van der Waals surface area (Å²) in [4.78, 5) is 41.4. The Kier molecular flexibility index (Phi) is 8.13. The summed E-state index contributed by atoms with van der Waals surface area (Å²) in [6, 6.07) is 12.9. The van der Waals surface area contributed by atoms with E-state index in [9.17, 15) is 14.0 Å². The van der Waals surface area contributed by atoms with Crippen LogP contribution in [0, 0.1) is 5.92 Å². The number of rotatable bonds is 9. The molecule has 5 heterocycles. The number of amides is 1. The van der Waals surface area contributed by atoms with Gasteiger partial charge in [-0.15, -0.1) is 0 Å². The van der Waals surface area contributed by atoms with E-state index in [2.05, 4.69) is 21.7 Å². The number of hydrogen-bond acceptors (Lipinski definition) is 8. The summed E-state index contributed by atoms with van der Waals surface area (Å²) in [6.07, 6.45) is 3.28. The highest BCUT2D eigenvalue weighted by atomic mass is 19.1. The average Bonchev–Trinajstić information content (AvgIpc) is 3.73. The largest absolute Gasteiger partial charge is 0.494 e. The lowest BCUT2D eigenvalue weighted by atomic mass is 10.0. The van der Waals surface area contributed by atoms with Gasteiger partial charge in [0.15, 0.2) is 5.82 Å². The molecule has 11 nitrogen and oxygen atoms in total. The normalized spacial score (nSPS) is 18.2. The van der Waals surface area contributed by atoms with Crippen LogP contribution in [0.5, 0.6) is 5.75 Å². The third-order valence-electron chi connectivity index (χ3n) is 8.98.